The number of hydrogen-bond donors (Lipinski definition) is 0. The van der Waals surface area contributed by atoms with Crippen LogP contribution in [0.5, 0.6) is 0 Å². The minimum atomic E-state index is 0.817. The van der Waals surface area contributed by atoms with E-state index >= 15 is 0 Å². The number of imidazole rings is 1. The molecule has 2 nitrogen and oxygen atoms in total. The maximum Gasteiger partial charge on any atom is 0.184 e. The lowest BCUT2D eigenvalue weighted by Gasteiger charge is -1.87. The summed E-state index contributed by atoms with van der Waals surface area (Å²) in [5, 5.41) is 0. The fraction of sp³-hybridized carbons (Fsp3) is 0.286. The zero-order valence-electron chi connectivity index (χ0n) is 5.55. The highest BCUT2D eigenvalue weighted by Gasteiger charge is 1.88. The molecule has 0 saturated heterocycles. The van der Waals surface area contributed by atoms with Gasteiger partial charge in [-0.15, -0.1) is 0 Å². The van der Waals surface area contributed by atoms with Gasteiger partial charge in [-0.1, -0.05) is 5.92 Å². The third-order valence-electron chi connectivity index (χ3n) is 1.06. The first kappa shape index (κ1) is 5.90. The van der Waals surface area contributed by atoms with Crippen molar-refractivity contribution < 1.29 is 0 Å². The molecule has 0 unspecified atom stereocenters. The van der Waals surface area contributed by atoms with Crippen molar-refractivity contribution in [1.82, 2.24) is 9.55 Å². The van der Waals surface area contributed by atoms with Gasteiger partial charge in [0.25, 0.3) is 0 Å². The molecule has 0 aliphatic carbocycles. The second-order valence-electron chi connectivity index (χ2n) is 1.74. The van der Waals surface area contributed by atoms with Crippen molar-refractivity contribution in [2.45, 2.75) is 6.92 Å². The molecule has 2 heteroatoms. The van der Waals surface area contributed by atoms with Gasteiger partial charge >= 0.3 is 0 Å². The van der Waals surface area contributed by atoms with Crippen molar-refractivity contribution >= 4 is 0 Å². The van der Waals surface area contributed by atoms with Gasteiger partial charge in [-0.2, -0.15) is 0 Å². The van der Waals surface area contributed by atoms with Crippen LogP contribution in [0, 0.1) is 11.8 Å². The van der Waals surface area contributed by atoms with Crippen LogP contribution in [0.2, 0.25) is 0 Å². The van der Waals surface area contributed by atoms with E-state index in [-0.39, 0.29) is 0 Å². The first-order valence-electron chi connectivity index (χ1n) is 2.74. The van der Waals surface area contributed by atoms with Crippen LogP contribution in [-0.4, -0.2) is 9.55 Å². The van der Waals surface area contributed by atoms with Gasteiger partial charge in [0.1, 0.15) is 0 Å². The summed E-state index contributed by atoms with van der Waals surface area (Å²) < 4.78 is 1.89. The average molecular weight is 120 g/mol. The molecule has 1 heterocycles. The third kappa shape index (κ3) is 1.11. The molecule has 1 aromatic rings. The number of nitrogens with zero attached hydrogens (tertiary/aromatic N) is 2. The number of aryl methyl sites for hydroxylation is 1. The Balaban J connectivity index is 3.03. The molecule has 46 valence electrons. The molecule has 0 saturated carbocycles. The Bertz CT molecular complexity index is 249. The third-order valence-corrected chi connectivity index (χ3v) is 1.06. The number of aromatic nitrogens is 2. The molecule has 0 aromatic carbocycles. The standard InChI is InChI=1S/C7H8N2/c1-3-4-7-8-5-6-9(7)2/h5-6H,1-2H3. The number of hydrogen-bond acceptors (Lipinski definition) is 1. The predicted molar refractivity (Wildman–Crippen MR) is 35.8 cm³/mol. The van der Waals surface area contributed by atoms with E-state index in [2.05, 4.69) is 16.8 Å². The predicted octanol–water partition coefficient (Wildman–Crippen LogP) is 0.791. The summed E-state index contributed by atoms with van der Waals surface area (Å²) >= 11 is 0. The Morgan fingerprint density at radius 1 is 1.67 bits per heavy atom. The highest BCUT2D eigenvalue weighted by molar-refractivity contribution is 5.19. The topological polar surface area (TPSA) is 17.8 Å². The molecule has 0 bridgehead atoms. The Labute approximate surface area is 54.5 Å². The van der Waals surface area contributed by atoms with E-state index in [0.717, 1.165) is 5.82 Å². The van der Waals surface area contributed by atoms with Crippen molar-refractivity contribution in [1.29, 1.82) is 0 Å². The van der Waals surface area contributed by atoms with Gasteiger partial charge in [0, 0.05) is 19.4 Å². The quantitative estimate of drug-likeness (QED) is 0.463. The molecule has 0 N–H and O–H groups in total. The van der Waals surface area contributed by atoms with E-state index in [1.165, 1.54) is 0 Å². The van der Waals surface area contributed by atoms with Crippen LogP contribution >= 0.6 is 0 Å². The lowest BCUT2D eigenvalue weighted by molar-refractivity contribution is 0.893. The first-order valence-corrected chi connectivity index (χ1v) is 2.74. The van der Waals surface area contributed by atoms with Crippen molar-refractivity contribution in [3.8, 4) is 11.8 Å². The molecular weight excluding hydrogens is 112 g/mol. The van der Waals surface area contributed by atoms with Crippen LogP contribution in [0.15, 0.2) is 12.4 Å². The summed E-state index contributed by atoms with van der Waals surface area (Å²) in [5.41, 5.74) is 0. The SMILES string of the molecule is CC#Cc1nccn1C. The van der Waals surface area contributed by atoms with Gasteiger partial charge in [-0.05, 0) is 12.8 Å². The summed E-state index contributed by atoms with van der Waals surface area (Å²) in [5.74, 6) is 6.45. The Kier molecular flexibility index (Phi) is 1.55. The van der Waals surface area contributed by atoms with Crippen molar-refractivity contribution in [2.75, 3.05) is 0 Å². The van der Waals surface area contributed by atoms with Crippen LogP contribution in [0.25, 0.3) is 0 Å². The van der Waals surface area contributed by atoms with Crippen molar-refractivity contribution in [2.24, 2.45) is 7.05 Å². The lowest BCUT2D eigenvalue weighted by Crippen LogP contribution is -1.89. The first-order chi connectivity index (χ1) is 4.34. The lowest BCUT2D eigenvalue weighted by atomic mass is 10.6. The zero-order chi connectivity index (χ0) is 6.69. The summed E-state index contributed by atoms with van der Waals surface area (Å²) in [6.07, 6.45) is 3.61. The molecular formula is C7H8N2. The number of rotatable bonds is 0. The second-order valence-corrected chi connectivity index (χ2v) is 1.74. The Morgan fingerprint density at radius 2 is 2.44 bits per heavy atom. The van der Waals surface area contributed by atoms with Gasteiger partial charge in [-0.25, -0.2) is 4.98 Å². The maximum atomic E-state index is 3.99. The fourth-order valence-electron chi connectivity index (χ4n) is 0.598. The molecule has 0 spiro atoms. The molecule has 0 aliphatic heterocycles. The van der Waals surface area contributed by atoms with E-state index in [0.29, 0.717) is 0 Å². The van der Waals surface area contributed by atoms with Gasteiger partial charge < -0.3 is 4.57 Å². The summed E-state index contributed by atoms with van der Waals surface area (Å²) in [4.78, 5) is 3.99. The van der Waals surface area contributed by atoms with Crippen molar-refractivity contribution in [3.05, 3.63) is 18.2 Å². The molecule has 0 atom stereocenters. The highest BCUT2D eigenvalue weighted by Crippen LogP contribution is 1.88. The van der Waals surface area contributed by atoms with Crippen LogP contribution in [0.3, 0.4) is 0 Å². The largest absolute Gasteiger partial charge is 0.327 e. The van der Waals surface area contributed by atoms with Gasteiger partial charge in [-0.3, -0.25) is 0 Å². The van der Waals surface area contributed by atoms with E-state index < -0.39 is 0 Å². The average Bonchev–Trinajstić information content (AvgIpc) is 2.18. The highest BCUT2D eigenvalue weighted by atomic mass is 15.0. The maximum absolute atomic E-state index is 3.99. The van der Waals surface area contributed by atoms with E-state index in [9.17, 15) is 0 Å². The minimum absolute atomic E-state index is 0.817. The fourth-order valence-corrected chi connectivity index (χ4v) is 0.598. The van der Waals surface area contributed by atoms with Crippen LogP contribution in [-0.2, 0) is 7.05 Å². The molecule has 1 aromatic heterocycles. The van der Waals surface area contributed by atoms with Gasteiger partial charge in [0.15, 0.2) is 5.82 Å². The normalized spacial score (nSPS) is 8.22. The molecule has 0 amide bonds. The molecule has 9 heavy (non-hydrogen) atoms. The zero-order valence-corrected chi connectivity index (χ0v) is 5.55. The molecule has 0 fully saturated rings. The second kappa shape index (κ2) is 2.36. The van der Waals surface area contributed by atoms with Gasteiger partial charge in [0.2, 0.25) is 0 Å². The molecule has 0 aliphatic rings. The van der Waals surface area contributed by atoms with Crippen LogP contribution in [0.1, 0.15) is 12.7 Å². The summed E-state index contributed by atoms with van der Waals surface area (Å²) in [6, 6.07) is 0. The van der Waals surface area contributed by atoms with Crippen LogP contribution < -0.4 is 0 Å². The van der Waals surface area contributed by atoms with E-state index in [1.54, 1.807) is 13.1 Å². The monoisotopic (exact) mass is 120 g/mol. The van der Waals surface area contributed by atoms with Crippen LogP contribution in [0.4, 0.5) is 0 Å². The Hall–Kier alpha value is -1.23. The molecule has 0 radical (unpaired) electrons. The van der Waals surface area contributed by atoms with Crippen molar-refractivity contribution in [3.63, 3.8) is 0 Å². The smallest absolute Gasteiger partial charge is 0.184 e. The summed E-state index contributed by atoms with van der Waals surface area (Å²) in [7, 11) is 1.92. The van der Waals surface area contributed by atoms with Gasteiger partial charge in [0.05, 0.1) is 0 Å². The van der Waals surface area contributed by atoms with E-state index in [4.69, 9.17) is 0 Å². The van der Waals surface area contributed by atoms with E-state index in [1.807, 2.05) is 17.8 Å². The Morgan fingerprint density at radius 3 is 2.89 bits per heavy atom. The summed E-state index contributed by atoms with van der Waals surface area (Å²) in [6.45, 7) is 1.80. The molecule has 1 rings (SSSR count). The minimum Gasteiger partial charge on any atom is -0.327 e.